The van der Waals surface area contributed by atoms with Gasteiger partial charge >= 0.3 is 5.97 Å². The zero-order chi connectivity index (χ0) is 23.8. The van der Waals surface area contributed by atoms with Gasteiger partial charge in [-0.1, -0.05) is 33.8 Å². The zero-order valence-electron chi connectivity index (χ0n) is 21.3. The Hall–Kier alpha value is -0.870. The second-order valence-electron chi connectivity index (χ2n) is 13.6. The van der Waals surface area contributed by atoms with Crippen molar-refractivity contribution >= 4 is 5.97 Å². The number of carbonyl (C=O) groups is 1. The Bertz CT molecular complexity index is 831. The highest BCUT2D eigenvalue weighted by Gasteiger charge is 2.80. The minimum atomic E-state index is -0.997. The van der Waals surface area contributed by atoms with Gasteiger partial charge in [-0.15, -0.1) is 0 Å². The molecule has 0 saturated heterocycles. The van der Waals surface area contributed by atoms with Crippen LogP contribution in [0.5, 0.6) is 0 Å². The van der Waals surface area contributed by atoms with Crippen molar-refractivity contribution in [2.75, 3.05) is 6.61 Å². The summed E-state index contributed by atoms with van der Waals surface area (Å²) in [5.41, 5.74) is 1.71. The molecule has 9 atom stereocenters. The number of aliphatic hydroxyl groups excluding tert-OH is 2. The van der Waals surface area contributed by atoms with E-state index in [-0.39, 0.29) is 23.7 Å². The summed E-state index contributed by atoms with van der Waals surface area (Å²) in [5.74, 6) is 2.75. The number of carboxylic acids is 1. The Morgan fingerprint density at radius 2 is 1.73 bits per heavy atom. The van der Waals surface area contributed by atoms with E-state index in [2.05, 4.69) is 27.7 Å². The molecule has 5 rings (SSSR count). The Morgan fingerprint density at radius 3 is 2.42 bits per heavy atom. The summed E-state index contributed by atoms with van der Waals surface area (Å²) in [5, 5.41) is 29.2. The van der Waals surface area contributed by atoms with Crippen LogP contribution in [0.15, 0.2) is 11.6 Å². The summed E-state index contributed by atoms with van der Waals surface area (Å²) in [6, 6.07) is 0. The number of carboxylic acid groups (broad SMARTS) is 1. The molecule has 4 heteroatoms. The Labute approximate surface area is 200 Å². The molecular formula is C29H46O4. The maximum Gasteiger partial charge on any atom is 0.333 e. The van der Waals surface area contributed by atoms with Crippen molar-refractivity contribution < 1.29 is 20.1 Å². The number of hydrogen-bond acceptors (Lipinski definition) is 3. The molecule has 0 bridgehead atoms. The lowest BCUT2D eigenvalue weighted by atomic mass is 9.46. The lowest BCUT2D eigenvalue weighted by Gasteiger charge is -2.59. The van der Waals surface area contributed by atoms with E-state index >= 15 is 0 Å². The smallest absolute Gasteiger partial charge is 0.333 e. The van der Waals surface area contributed by atoms with Gasteiger partial charge in [-0.25, -0.2) is 4.79 Å². The first kappa shape index (κ1) is 23.9. The molecule has 0 radical (unpaired) electrons. The topological polar surface area (TPSA) is 77.8 Å². The van der Waals surface area contributed by atoms with E-state index in [4.69, 9.17) is 0 Å². The van der Waals surface area contributed by atoms with Gasteiger partial charge in [0.2, 0.25) is 0 Å². The first-order chi connectivity index (χ1) is 15.5. The molecule has 5 saturated carbocycles. The molecule has 0 aromatic carbocycles. The third-order valence-corrected chi connectivity index (χ3v) is 12.5. The SMILES string of the molecule is CC(CCC=C(CO)C(=O)O)C1CCC2C3CCC4C(C)(C)C(O)CCC45CC35CCC12C. The number of hydrogen-bond donors (Lipinski definition) is 3. The number of aliphatic carboxylic acids is 1. The van der Waals surface area contributed by atoms with Crippen molar-refractivity contribution in [3.05, 3.63) is 11.6 Å². The average molecular weight is 459 g/mol. The highest BCUT2D eigenvalue weighted by molar-refractivity contribution is 5.86. The number of allylic oxidation sites excluding steroid dienone is 1. The Balaban J connectivity index is 1.31. The van der Waals surface area contributed by atoms with Crippen molar-refractivity contribution in [2.24, 2.45) is 51.2 Å². The van der Waals surface area contributed by atoms with Crippen LogP contribution in [0, 0.1) is 51.2 Å². The molecule has 5 aliphatic rings. The quantitative estimate of drug-likeness (QED) is 0.439. The number of rotatable bonds is 6. The molecule has 0 heterocycles. The normalized spacial score (nSPS) is 48.8. The van der Waals surface area contributed by atoms with Crippen molar-refractivity contribution in [3.8, 4) is 0 Å². The highest BCUT2D eigenvalue weighted by atomic mass is 16.4. The molecule has 5 fully saturated rings. The molecule has 9 unspecified atom stereocenters. The van der Waals surface area contributed by atoms with E-state index in [0.29, 0.717) is 28.1 Å². The maximum atomic E-state index is 11.2. The van der Waals surface area contributed by atoms with Crippen LogP contribution in [0.4, 0.5) is 0 Å². The van der Waals surface area contributed by atoms with Gasteiger partial charge in [0.1, 0.15) is 0 Å². The van der Waals surface area contributed by atoms with E-state index in [0.717, 1.165) is 37.0 Å². The summed E-state index contributed by atoms with van der Waals surface area (Å²) in [4.78, 5) is 11.2. The fraction of sp³-hybridized carbons (Fsp3) is 0.897. The van der Waals surface area contributed by atoms with Gasteiger partial charge < -0.3 is 15.3 Å². The van der Waals surface area contributed by atoms with Gasteiger partial charge in [-0.3, -0.25) is 0 Å². The van der Waals surface area contributed by atoms with Gasteiger partial charge in [-0.05, 0) is 122 Å². The summed E-state index contributed by atoms with van der Waals surface area (Å²) in [6.07, 6.45) is 15.2. The molecule has 186 valence electrons. The summed E-state index contributed by atoms with van der Waals surface area (Å²) < 4.78 is 0. The van der Waals surface area contributed by atoms with E-state index in [1.165, 1.54) is 51.4 Å². The monoisotopic (exact) mass is 458 g/mol. The van der Waals surface area contributed by atoms with Crippen LogP contribution in [-0.4, -0.2) is 34.0 Å². The largest absolute Gasteiger partial charge is 0.478 e. The van der Waals surface area contributed by atoms with Gasteiger partial charge in [0.05, 0.1) is 18.3 Å². The summed E-state index contributed by atoms with van der Waals surface area (Å²) in [7, 11) is 0. The van der Waals surface area contributed by atoms with Crippen LogP contribution in [0.1, 0.15) is 98.3 Å². The molecule has 4 nitrogen and oxygen atoms in total. The molecule has 33 heavy (non-hydrogen) atoms. The first-order valence-corrected chi connectivity index (χ1v) is 13.7. The standard InChI is InChI=1S/C29H46O4/c1-18(6-5-7-19(16-30)25(32)33)20-8-9-21-22-10-11-23-26(2,3)24(31)12-13-29(23)17-28(22,29)15-14-27(20,21)4/h7,18,20-24,30-31H,5-6,8-17H2,1-4H3,(H,32,33). The van der Waals surface area contributed by atoms with Gasteiger partial charge in [0.25, 0.3) is 0 Å². The van der Waals surface area contributed by atoms with E-state index in [1.54, 1.807) is 6.08 Å². The van der Waals surface area contributed by atoms with E-state index in [1.807, 2.05) is 0 Å². The molecule has 3 N–H and O–H groups in total. The highest BCUT2D eigenvalue weighted by Crippen LogP contribution is 2.87. The minimum Gasteiger partial charge on any atom is -0.478 e. The van der Waals surface area contributed by atoms with Crippen molar-refractivity contribution in [3.63, 3.8) is 0 Å². The van der Waals surface area contributed by atoms with Crippen molar-refractivity contribution in [1.29, 1.82) is 0 Å². The lowest BCUT2D eigenvalue weighted by molar-refractivity contribution is -0.133. The predicted molar refractivity (Wildman–Crippen MR) is 129 cm³/mol. The Kier molecular flexibility index (Phi) is 5.65. The van der Waals surface area contributed by atoms with Gasteiger partial charge in [0, 0.05) is 0 Å². The van der Waals surface area contributed by atoms with Gasteiger partial charge in [-0.2, -0.15) is 0 Å². The summed E-state index contributed by atoms with van der Waals surface area (Å²) in [6.45, 7) is 9.29. The average Bonchev–Trinajstić information content (AvgIpc) is 3.30. The second kappa shape index (κ2) is 7.82. The molecule has 5 aliphatic carbocycles. The fourth-order valence-corrected chi connectivity index (χ4v) is 10.8. The second-order valence-corrected chi connectivity index (χ2v) is 13.6. The van der Waals surface area contributed by atoms with Crippen LogP contribution < -0.4 is 0 Å². The first-order valence-electron chi connectivity index (χ1n) is 13.7. The van der Waals surface area contributed by atoms with Crippen LogP contribution >= 0.6 is 0 Å². The van der Waals surface area contributed by atoms with Crippen LogP contribution in [-0.2, 0) is 4.79 Å². The predicted octanol–water partition coefficient (Wildman–Crippen LogP) is 5.82. The van der Waals surface area contributed by atoms with Crippen LogP contribution in [0.3, 0.4) is 0 Å². The lowest BCUT2D eigenvalue weighted by Crippen LogP contribution is -2.54. The third-order valence-electron chi connectivity index (χ3n) is 12.5. The van der Waals surface area contributed by atoms with E-state index < -0.39 is 5.97 Å². The molecule has 0 aliphatic heterocycles. The fourth-order valence-electron chi connectivity index (χ4n) is 10.8. The van der Waals surface area contributed by atoms with Crippen molar-refractivity contribution in [2.45, 2.75) is 104 Å². The number of aliphatic hydroxyl groups is 2. The molecule has 0 aromatic heterocycles. The molecule has 0 amide bonds. The van der Waals surface area contributed by atoms with Crippen molar-refractivity contribution in [1.82, 2.24) is 0 Å². The third kappa shape index (κ3) is 3.18. The number of fused-ring (bicyclic) bond motifs is 2. The van der Waals surface area contributed by atoms with Crippen LogP contribution in [0.2, 0.25) is 0 Å². The van der Waals surface area contributed by atoms with Crippen LogP contribution in [0.25, 0.3) is 0 Å². The Morgan fingerprint density at radius 1 is 1.00 bits per heavy atom. The molecular weight excluding hydrogens is 412 g/mol. The summed E-state index contributed by atoms with van der Waals surface area (Å²) >= 11 is 0. The maximum absolute atomic E-state index is 11.2. The van der Waals surface area contributed by atoms with E-state index in [9.17, 15) is 20.1 Å². The van der Waals surface area contributed by atoms with Gasteiger partial charge in [0.15, 0.2) is 0 Å². The molecule has 0 aromatic rings. The minimum absolute atomic E-state index is 0.0666. The molecule has 2 spiro atoms. The zero-order valence-corrected chi connectivity index (χ0v) is 21.3.